The van der Waals surface area contributed by atoms with Crippen LogP contribution in [0.5, 0.6) is 0 Å². The number of hydrogen-bond donors (Lipinski definition) is 1. The molecule has 0 saturated carbocycles. The monoisotopic (exact) mass is 349 g/mol. The summed E-state index contributed by atoms with van der Waals surface area (Å²) in [7, 11) is 0. The van der Waals surface area contributed by atoms with Crippen LogP contribution in [0.4, 0.5) is 10.8 Å². The van der Waals surface area contributed by atoms with Crippen molar-refractivity contribution in [3.8, 4) is 17.3 Å². The van der Waals surface area contributed by atoms with Crippen molar-refractivity contribution in [3.05, 3.63) is 69.0 Å². The van der Waals surface area contributed by atoms with E-state index >= 15 is 0 Å². The second kappa shape index (κ2) is 6.91. The number of hydrogen-bond acceptors (Lipinski definition) is 5. The molecular weight excluding hydrogens is 334 g/mol. The normalized spacial score (nSPS) is 10.2. The fourth-order valence-corrected chi connectivity index (χ4v) is 3.44. The van der Waals surface area contributed by atoms with E-state index in [-0.39, 0.29) is 0 Å². The van der Waals surface area contributed by atoms with Crippen LogP contribution in [0.15, 0.2) is 48.5 Å². The molecule has 0 aliphatic carbocycles. The molecule has 1 aromatic heterocycles. The molecule has 3 nitrogen and oxygen atoms in total. The zero-order chi connectivity index (χ0) is 17.1. The largest absolute Gasteiger partial charge is 0.331 e. The van der Waals surface area contributed by atoms with Crippen molar-refractivity contribution in [2.75, 3.05) is 5.32 Å². The van der Waals surface area contributed by atoms with Gasteiger partial charge in [0.2, 0.25) is 0 Å². The van der Waals surface area contributed by atoms with E-state index in [1.807, 2.05) is 62.4 Å². The highest BCUT2D eigenvalue weighted by Crippen LogP contribution is 2.29. The van der Waals surface area contributed by atoms with E-state index in [2.05, 4.69) is 16.4 Å². The van der Waals surface area contributed by atoms with Crippen molar-refractivity contribution < 1.29 is 0 Å². The van der Waals surface area contributed by atoms with Crippen molar-refractivity contribution in [3.63, 3.8) is 0 Å². The molecule has 3 rings (SSSR count). The molecule has 0 bridgehead atoms. The maximum atomic E-state index is 9.46. The Bertz CT molecular complexity index is 983. The van der Waals surface area contributed by atoms with Crippen molar-refractivity contribution in [2.45, 2.75) is 13.8 Å². The Labute approximate surface area is 150 Å². The molecule has 5 heteroatoms. The number of nitrogens with one attached hydrogen (secondary N) is 1. The van der Waals surface area contributed by atoms with Crippen molar-refractivity contribution in [2.24, 2.45) is 0 Å². The van der Waals surface area contributed by atoms with Crippen LogP contribution < -0.4 is 5.32 Å². The van der Waals surface area contributed by atoms with Crippen LogP contribution in [0.1, 0.15) is 16.7 Å². The lowest BCUT2D eigenvalue weighted by Crippen LogP contribution is -1.96. The minimum atomic E-state index is 0.452. The maximum Gasteiger partial charge on any atom is 0.189 e. The topological polar surface area (TPSA) is 48.7 Å². The van der Waals surface area contributed by atoms with Gasteiger partial charge in [-0.25, -0.2) is 4.98 Å². The molecule has 0 aliphatic heterocycles. The summed E-state index contributed by atoms with van der Waals surface area (Å²) in [6.45, 7) is 4.07. The van der Waals surface area contributed by atoms with Crippen LogP contribution in [-0.2, 0) is 0 Å². The van der Waals surface area contributed by atoms with Gasteiger partial charge in [-0.3, -0.25) is 0 Å². The second-order valence-electron chi connectivity index (χ2n) is 5.50. The number of benzene rings is 2. The molecule has 0 unspecified atom stereocenters. The highest BCUT2D eigenvalue weighted by atomic mass is 32.1. The molecule has 0 radical (unpaired) electrons. The van der Waals surface area contributed by atoms with Gasteiger partial charge in [0.15, 0.2) is 5.13 Å². The van der Waals surface area contributed by atoms with Gasteiger partial charge in [-0.2, -0.15) is 5.26 Å². The first-order valence-electron chi connectivity index (χ1n) is 7.43. The van der Waals surface area contributed by atoms with Crippen molar-refractivity contribution in [1.82, 2.24) is 4.98 Å². The lowest BCUT2D eigenvalue weighted by Gasteiger charge is -2.09. The van der Waals surface area contributed by atoms with Crippen LogP contribution in [-0.4, -0.2) is 4.98 Å². The molecule has 0 atom stereocenters. The van der Waals surface area contributed by atoms with Crippen LogP contribution >= 0.6 is 23.6 Å². The van der Waals surface area contributed by atoms with E-state index in [1.165, 1.54) is 11.3 Å². The average Bonchev–Trinajstić information content (AvgIpc) is 2.55. The van der Waals surface area contributed by atoms with Crippen LogP contribution in [0.2, 0.25) is 0 Å². The summed E-state index contributed by atoms with van der Waals surface area (Å²) in [5.41, 5.74) is 5.24. The Balaban J connectivity index is 2.08. The summed E-state index contributed by atoms with van der Waals surface area (Å²) in [6, 6.07) is 18.2. The molecule has 0 amide bonds. The van der Waals surface area contributed by atoms with Crippen molar-refractivity contribution in [1.29, 1.82) is 5.26 Å². The fraction of sp³-hybridized carbons (Fsp3) is 0.105. The molecular formula is C19H15N3S2. The van der Waals surface area contributed by atoms with Crippen LogP contribution in [0.25, 0.3) is 11.3 Å². The standard InChI is InChI=1S/C19H15N3S2/c1-12-6-8-14(9-7-12)17-16(11-20)18(23)24-19(22-17)21-15-5-3-4-13(2)10-15/h3-10H,1-2H3,(H,21,22). The third-order valence-corrected chi connectivity index (χ3v) is 4.78. The molecule has 0 saturated heterocycles. The fourth-order valence-electron chi connectivity index (χ4n) is 2.33. The van der Waals surface area contributed by atoms with Gasteiger partial charge in [-0.05, 0) is 31.5 Å². The number of anilines is 2. The van der Waals surface area contributed by atoms with E-state index in [0.717, 1.165) is 22.4 Å². The Hall–Kier alpha value is -2.55. The summed E-state index contributed by atoms with van der Waals surface area (Å²) >= 11 is 6.72. The second-order valence-corrected chi connectivity index (χ2v) is 7.17. The number of nitriles is 1. The third kappa shape index (κ3) is 3.51. The van der Waals surface area contributed by atoms with Gasteiger partial charge in [0, 0.05) is 11.3 Å². The molecule has 2 aromatic carbocycles. The Morgan fingerprint density at radius 3 is 2.50 bits per heavy atom. The van der Waals surface area contributed by atoms with Gasteiger partial charge in [-0.15, -0.1) is 0 Å². The van der Waals surface area contributed by atoms with E-state index in [4.69, 9.17) is 12.2 Å². The molecule has 118 valence electrons. The van der Waals surface area contributed by atoms with Crippen molar-refractivity contribution >= 4 is 34.4 Å². The Morgan fingerprint density at radius 1 is 1.08 bits per heavy atom. The summed E-state index contributed by atoms with van der Waals surface area (Å²) in [5, 5.41) is 13.4. The highest BCUT2D eigenvalue weighted by molar-refractivity contribution is 7.73. The summed E-state index contributed by atoms with van der Waals surface area (Å²) in [4.78, 5) is 4.65. The third-order valence-electron chi connectivity index (χ3n) is 3.55. The first kappa shape index (κ1) is 16.3. The summed E-state index contributed by atoms with van der Waals surface area (Å²) in [6.07, 6.45) is 0. The zero-order valence-corrected chi connectivity index (χ0v) is 15.0. The molecule has 0 fully saturated rings. The predicted octanol–water partition coefficient (Wildman–Crippen LogP) is 5.77. The lowest BCUT2D eigenvalue weighted by atomic mass is 10.1. The Morgan fingerprint density at radius 2 is 1.83 bits per heavy atom. The molecule has 3 aromatic rings. The maximum absolute atomic E-state index is 9.46. The van der Waals surface area contributed by atoms with Gasteiger partial charge in [0.25, 0.3) is 0 Å². The van der Waals surface area contributed by atoms with Gasteiger partial charge in [-0.1, -0.05) is 65.5 Å². The van der Waals surface area contributed by atoms with Gasteiger partial charge in [0.1, 0.15) is 15.5 Å². The van der Waals surface area contributed by atoms with Gasteiger partial charge >= 0.3 is 0 Å². The van der Waals surface area contributed by atoms with E-state index < -0.39 is 0 Å². The van der Waals surface area contributed by atoms with E-state index in [1.54, 1.807) is 0 Å². The zero-order valence-electron chi connectivity index (χ0n) is 13.3. The molecule has 0 aliphatic rings. The minimum Gasteiger partial charge on any atom is -0.331 e. The smallest absolute Gasteiger partial charge is 0.189 e. The minimum absolute atomic E-state index is 0.452. The van der Waals surface area contributed by atoms with E-state index in [0.29, 0.717) is 20.2 Å². The molecule has 1 heterocycles. The molecule has 24 heavy (non-hydrogen) atoms. The molecule has 0 spiro atoms. The Kier molecular flexibility index (Phi) is 4.70. The number of nitrogens with zero attached hydrogens (tertiary/aromatic N) is 2. The van der Waals surface area contributed by atoms with Gasteiger partial charge in [0.05, 0.1) is 5.69 Å². The first-order valence-corrected chi connectivity index (χ1v) is 8.65. The van der Waals surface area contributed by atoms with Gasteiger partial charge < -0.3 is 5.32 Å². The number of aromatic nitrogens is 1. The van der Waals surface area contributed by atoms with Crippen LogP contribution in [0, 0.1) is 29.0 Å². The SMILES string of the molecule is Cc1ccc(-c2nc(Nc3cccc(C)c3)sc(=S)c2C#N)cc1. The van der Waals surface area contributed by atoms with Crippen LogP contribution in [0.3, 0.4) is 0 Å². The highest BCUT2D eigenvalue weighted by Gasteiger charge is 2.12. The summed E-state index contributed by atoms with van der Waals surface area (Å²) < 4.78 is 0.540. The average molecular weight is 349 g/mol. The lowest BCUT2D eigenvalue weighted by molar-refractivity contribution is 1.32. The first-order chi connectivity index (χ1) is 11.6. The number of aryl methyl sites for hydroxylation is 2. The molecule has 1 N–H and O–H groups in total. The summed E-state index contributed by atoms with van der Waals surface area (Å²) in [5.74, 6) is 0. The quantitative estimate of drug-likeness (QED) is 0.610. The number of rotatable bonds is 3. The van der Waals surface area contributed by atoms with E-state index in [9.17, 15) is 5.26 Å². The predicted molar refractivity (Wildman–Crippen MR) is 102 cm³/mol.